The molecule has 2 heterocycles. The third-order valence-corrected chi connectivity index (χ3v) is 4.18. The first-order chi connectivity index (χ1) is 12.8. The number of hydrogen-bond acceptors (Lipinski definition) is 6. The monoisotopic (exact) mass is 354 g/mol. The first-order valence-electron chi connectivity index (χ1n) is 8.31. The molecule has 0 unspecified atom stereocenters. The van der Waals surface area contributed by atoms with Crippen LogP contribution < -0.4 is 14.2 Å². The third-order valence-electron chi connectivity index (χ3n) is 4.18. The summed E-state index contributed by atoms with van der Waals surface area (Å²) in [5, 5.41) is 10.5. The minimum Gasteiger partial charge on any atom is -0.503 e. The highest BCUT2D eigenvalue weighted by molar-refractivity contribution is 5.60. The van der Waals surface area contributed by atoms with Gasteiger partial charge in [0, 0.05) is 11.1 Å². The Kier molecular flexibility index (Phi) is 4.57. The molecule has 0 aromatic heterocycles. The topological polar surface area (TPSA) is 66.4 Å². The molecular weight excluding hydrogens is 336 g/mol. The molecule has 0 spiro atoms. The van der Waals surface area contributed by atoms with Crippen molar-refractivity contribution >= 4 is 0 Å². The van der Waals surface area contributed by atoms with Crippen LogP contribution in [-0.2, 0) is 9.47 Å². The maximum absolute atomic E-state index is 10.5. The molecule has 2 aliphatic rings. The molecule has 0 atom stereocenters. The number of benzene rings is 2. The van der Waals surface area contributed by atoms with Crippen molar-refractivity contribution < 1.29 is 28.8 Å². The van der Waals surface area contributed by atoms with Gasteiger partial charge in [0.25, 0.3) is 0 Å². The van der Waals surface area contributed by atoms with Crippen molar-refractivity contribution in [2.24, 2.45) is 0 Å². The highest BCUT2D eigenvalue weighted by atomic mass is 16.7. The number of phenols is 1. The van der Waals surface area contributed by atoms with Crippen LogP contribution in [0.4, 0.5) is 0 Å². The van der Waals surface area contributed by atoms with Crippen molar-refractivity contribution in [3.63, 3.8) is 0 Å². The molecule has 134 valence electrons. The second kappa shape index (κ2) is 7.16. The second-order valence-electron chi connectivity index (χ2n) is 5.83. The summed E-state index contributed by atoms with van der Waals surface area (Å²) in [5.74, 6) is 7.75. The van der Waals surface area contributed by atoms with E-state index in [-0.39, 0.29) is 12.5 Å². The zero-order valence-electron chi connectivity index (χ0n) is 14.3. The average Bonchev–Trinajstić information content (AvgIpc) is 3.15. The maximum atomic E-state index is 10.5. The van der Waals surface area contributed by atoms with Gasteiger partial charge in [0.1, 0.15) is 0 Å². The quantitative estimate of drug-likeness (QED) is 0.837. The lowest BCUT2D eigenvalue weighted by Gasteiger charge is -2.25. The van der Waals surface area contributed by atoms with Crippen molar-refractivity contribution in [3.05, 3.63) is 47.0 Å². The maximum Gasteiger partial charge on any atom is 0.231 e. The van der Waals surface area contributed by atoms with Crippen LogP contribution in [0.5, 0.6) is 23.0 Å². The van der Waals surface area contributed by atoms with Crippen LogP contribution in [0.25, 0.3) is 0 Å². The first-order valence-corrected chi connectivity index (χ1v) is 8.31. The molecule has 1 N–H and O–H groups in total. The van der Waals surface area contributed by atoms with Gasteiger partial charge in [-0.25, -0.2) is 0 Å². The first kappa shape index (κ1) is 16.6. The molecule has 6 nitrogen and oxygen atoms in total. The normalized spacial score (nSPS) is 16.0. The average molecular weight is 354 g/mol. The summed E-state index contributed by atoms with van der Waals surface area (Å²) in [6, 6.07) is 8.94. The van der Waals surface area contributed by atoms with Gasteiger partial charge in [-0.3, -0.25) is 0 Å². The van der Waals surface area contributed by atoms with E-state index in [2.05, 4.69) is 11.8 Å². The lowest BCUT2D eigenvalue weighted by molar-refractivity contribution is -0.183. The summed E-state index contributed by atoms with van der Waals surface area (Å²) in [7, 11) is 1.50. The minimum atomic E-state index is -0.554. The van der Waals surface area contributed by atoms with Crippen LogP contribution in [0.3, 0.4) is 0 Å². The highest BCUT2D eigenvalue weighted by Crippen LogP contribution is 2.37. The molecule has 1 fully saturated rings. The van der Waals surface area contributed by atoms with E-state index in [1.807, 2.05) is 12.1 Å². The summed E-state index contributed by atoms with van der Waals surface area (Å²) in [6.45, 7) is 1.42. The molecule has 0 radical (unpaired) electrons. The smallest absolute Gasteiger partial charge is 0.231 e. The lowest BCUT2D eigenvalue weighted by atomic mass is 10.0. The summed E-state index contributed by atoms with van der Waals surface area (Å²) in [6.07, 6.45) is 0.290. The predicted molar refractivity (Wildman–Crippen MR) is 92.5 cm³/mol. The predicted octanol–water partition coefficient (Wildman–Crippen LogP) is 2.96. The fourth-order valence-electron chi connectivity index (χ4n) is 2.86. The Bertz CT molecular complexity index is 874. The van der Waals surface area contributed by atoms with Crippen LogP contribution in [0.2, 0.25) is 0 Å². The fraction of sp³-hybridized carbons (Fsp3) is 0.300. The second-order valence-corrected chi connectivity index (χ2v) is 5.83. The van der Waals surface area contributed by atoms with Gasteiger partial charge in [0.05, 0.1) is 25.9 Å². The van der Waals surface area contributed by atoms with Crippen LogP contribution >= 0.6 is 0 Å². The summed E-state index contributed by atoms with van der Waals surface area (Å²) in [4.78, 5) is 0. The molecule has 0 bridgehead atoms. The number of ether oxygens (including phenoxy) is 5. The molecule has 2 aromatic rings. The van der Waals surface area contributed by atoms with Crippen molar-refractivity contribution in [1.82, 2.24) is 0 Å². The molecule has 2 aliphatic heterocycles. The zero-order valence-corrected chi connectivity index (χ0v) is 14.3. The zero-order chi connectivity index (χ0) is 17.9. The van der Waals surface area contributed by atoms with Gasteiger partial charge in [-0.2, -0.15) is 0 Å². The molecular formula is C20H18O6. The number of aromatic hydroxyl groups is 1. The van der Waals surface area contributed by atoms with E-state index in [0.29, 0.717) is 41.6 Å². The summed E-state index contributed by atoms with van der Waals surface area (Å²) < 4.78 is 27.2. The highest BCUT2D eigenvalue weighted by Gasteiger charge is 2.23. The van der Waals surface area contributed by atoms with E-state index in [1.54, 1.807) is 18.2 Å². The summed E-state index contributed by atoms with van der Waals surface area (Å²) in [5.41, 5.74) is 1.85. The molecule has 1 saturated heterocycles. The van der Waals surface area contributed by atoms with E-state index < -0.39 is 6.29 Å². The summed E-state index contributed by atoms with van der Waals surface area (Å²) >= 11 is 0. The van der Waals surface area contributed by atoms with Gasteiger partial charge in [-0.05, 0) is 36.8 Å². The van der Waals surface area contributed by atoms with E-state index in [4.69, 9.17) is 23.7 Å². The Morgan fingerprint density at radius 2 is 1.85 bits per heavy atom. The molecule has 4 rings (SSSR count). The lowest BCUT2D eigenvalue weighted by Crippen LogP contribution is -2.18. The van der Waals surface area contributed by atoms with Gasteiger partial charge in [0.15, 0.2) is 29.3 Å². The van der Waals surface area contributed by atoms with Crippen LogP contribution in [0.15, 0.2) is 30.3 Å². The van der Waals surface area contributed by atoms with Crippen LogP contribution in [-0.4, -0.2) is 32.2 Å². The number of rotatable bonds is 2. The van der Waals surface area contributed by atoms with Gasteiger partial charge in [-0.15, -0.1) is 0 Å². The Labute approximate surface area is 151 Å². The van der Waals surface area contributed by atoms with E-state index in [1.165, 1.54) is 7.11 Å². The third kappa shape index (κ3) is 3.15. The Hall–Kier alpha value is -2.88. The van der Waals surface area contributed by atoms with Crippen LogP contribution in [0.1, 0.15) is 29.4 Å². The van der Waals surface area contributed by atoms with Gasteiger partial charge < -0.3 is 28.8 Å². The fourth-order valence-corrected chi connectivity index (χ4v) is 2.86. The van der Waals surface area contributed by atoms with Crippen molar-refractivity contribution in [3.8, 4) is 34.8 Å². The van der Waals surface area contributed by atoms with Crippen LogP contribution in [0, 0.1) is 11.8 Å². The molecule has 2 aromatic carbocycles. The largest absolute Gasteiger partial charge is 0.503 e. The number of fused-ring (bicyclic) bond motifs is 1. The number of phenolic OH excluding ortho intramolecular Hbond substituents is 1. The van der Waals surface area contributed by atoms with Crippen molar-refractivity contribution in [2.75, 3.05) is 27.1 Å². The molecule has 0 aliphatic carbocycles. The van der Waals surface area contributed by atoms with E-state index in [9.17, 15) is 5.11 Å². The number of methoxy groups -OCH3 is 1. The minimum absolute atomic E-state index is 0.0315. The van der Waals surface area contributed by atoms with Gasteiger partial charge in [0.2, 0.25) is 6.79 Å². The number of hydrogen-bond donors (Lipinski definition) is 1. The molecule has 6 heteroatoms. The van der Waals surface area contributed by atoms with E-state index >= 15 is 0 Å². The Balaban J connectivity index is 1.72. The SMILES string of the molecule is COc1ccc(C2OCCCO2)c(C#Cc2ccc3c(c2)OCO3)c1O. The Morgan fingerprint density at radius 3 is 2.65 bits per heavy atom. The van der Waals surface area contributed by atoms with Crippen molar-refractivity contribution in [1.29, 1.82) is 0 Å². The van der Waals surface area contributed by atoms with Gasteiger partial charge >= 0.3 is 0 Å². The molecule has 26 heavy (non-hydrogen) atoms. The van der Waals surface area contributed by atoms with E-state index in [0.717, 1.165) is 12.0 Å². The Morgan fingerprint density at radius 1 is 1.04 bits per heavy atom. The van der Waals surface area contributed by atoms with Crippen molar-refractivity contribution in [2.45, 2.75) is 12.7 Å². The molecule has 0 saturated carbocycles. The standard InChI is InChI=1S/C20H18O6/c1-22-17-8-6-15(20-23-9-2-10-24-20)14(19(17)21)5-3-13-4-7-16-18(11-13)26-12-25-16/h4,6-8,11,20-21H,2,9-10,12H2,1H3. The molecule has 0 amide bonds. The van der Waals surface area contributed by atoms with Gasteiger partial charge in [-0.1, -0.05) is 11.8 Å².